The van der Waals surface area contributed by atoms with E-state index in [1.54, 1.807) is 16.6 Å². The van der Waals surface area contributed by atoms with Gasteiger partial charge in [0, 0.05) is 13.5 Å². The minimum atomic E-state index is -0.245. The van der Waals surface area contributed by atoms with Gasteiger partial charge in [-0.3, -0.25) is 4.68 Å². The maximum absolute atomic E-state index is 13.1. The molecule has 0 aliphatic rings. The highest BCUT2D eigenvalue weighted by Gasteiger charge is 2.16. The quantitative estimate of drug-likeness (QED) is 0.551. The predicted octanol–water partition coefficient (Wildman–Crippen LogP) is 3.27. The molecule has 0 aliphatic carbocycles. The zero-order valence-corrected chi connectivity index (χ0v) is 14.8. The second-order valence-electron chi connectivity index (χ2n) is 5.92. The third kappa shape index (κ3) is 3.05. The fourth-order valence-corrected chi connectivity index (χ4v) is 3.67. The SMILES string of the molecule is CCCc1cc(-c2nn3c(Cc4ccc(F)cc4)nnc3s2)n(C)n1. The van der Waals surface area contributed by atoms with E-state index in [-0.39, 0.29) is 5.82 Å². The second-order valence-corrected chi connectivity index (χ2v) is 6.87. The highest BCUT2D eigenvalue weighted by Crippen LogP contribution is 2.26. The van der Waals surface area contributed by atoms with Gasteiger partial charge >= 0.3 is 0 Å². The zero-order valence-electron chi connectivity index (χ0n) is 14.0. The first-order chi connectivity index (χ1) is 12.1. The number of aromatic nitrogens is 6. The molecule has 0 saturated carbocycles. The summed E-state index contributed by atoms with van der Waals surface area (Å²) in [4.78, 5) is 0.741. The molecule has 0 fully saturated rings. The van der Waals surface area contributed by atoms with Crippen LogP contribution in [0.15, 0.2) is 30.3 Å². The molecule has 1 aromatic carbocycles. The lowest BCUT2D eigenvalue weighted by Crippen LogP contribution is -1.99. The molecule has 0 bridgehead atoms. The normalized spacial score (nSPS) is 11.5. The minimum absolute atomic E-state index is 0.245. The Hall–Kier alpha value is -2.61. The fraction of sp³-hybridized carbons (Fsp3) is 0.294. The van der Waals surface area contributed by atoms with Gasteiger partial charge in [-0.15, -0.1) is 10.2 Å². The summed E-state index contributed by atoms with van der Waals surface area (Å²) in [7, 11) is 1.93. The van der Waals surface area contributed by atoms with Gasteiger partial charge in [0.25, 0.3) is 0 Å². The van der Waals surface area contributed by atoms with E-state index in [0.717, 1.165) is 45.6 Å². The molecular formula is C17H17FN6S. The van der Waals surface area contributed by atoms with Crippen molar-refractivity contribution in [1.29, 1.82) is 0 Å². The highest BCUT2D eigenvalue weighted by atomic mass is 32.1. The Morgan fingerprint density at radius 1 is 1.12 bits per heavy atom. The summed E-state index contributed by atoms with van der Waals surface area (Å²) in [6.07, 6.45) is 2.56. The maximum Gasteiger partial charge on any atom is 0.235 e. The lowest BCUT2D eigenvalue weighted by Gasteiger charge is -1.98. The average Bonchev–Trinajstić information content (AvgIpc) is 3.25. The number of hydrogen-bond acceptors (Lipinski definition) is 5. The topological polar surface area (TPSA) is 60.9 Å². The first-order valence-corrected chi connectivity index (χ1v) is 8.94. The van der Waals surface area contributed by atoms with Gasteiger partial charge in [0.05, 0.1) is 11.4 Å². The summed E-state index contributed by atoms with van der Waals surface area (Å²) in [6.45, 7) is 2.14. The summed E-state index contributed by atoms with van der Waals surface area (Å²) in [5.74, 6) is 0.491. The van der Waals surface area contributed by atoms with Crippen LogP contribution < -0.4 is 0 Å². The second kappa shape index (κ2) is 6.36. The van der Waals surface area contributed by atoms with Crippen LogP contribution in [0.5, 0.6) is 0 Å². The van der Waals surface area contributed by atoms with Crippen molar-refractivity contribution in [3.63, 3.8) is 0 Å². The van der Waals surface area contributed by atoms with Crippen LogP contribution in [0.3, 0.4) is 0 Å². The predicted molar refractivity (Wildman–Crippen MR) is 94.1 cm³/mol. The van der Waals surface area contributed by atoms with Crippen molar-refractivity contribution in [3.8, 4) is 10.7 Å². The van der Waals surface area contributed by atoms with E-state index in [9.17, 15) is 4.39 Å². The standard InChI is InChI=1S/C17H17FN6S/c1-3-4-13-10-14(23(2)21-13)16-22-24-15(19-20-17(24)25-16)9-11-5-7-12(18)8-6-11/h5-8,10H,3-4,9H2,1-2H3. The molecule has 8 heteroatoms. The Morgan fingerprint density at radius 2 is 1.92 bits per heavy atom. The maximum atomic E-state index is 13.1. The van der Waals surface area contributed by atoms with Crippen LogP contribution in [0.4, 0.5) is 4.39 Å². The molecule has 4 aromatic rings. The van der Waals surface area contributed by atoms with Crippen molar-refractivity contribution in [2.45, 2.75) is 26.2 Å². The van der Waals surface area contributed by atoms with Crippen molar-refractivity contribution in [3.05, 3.63) is 53.2 Å². The van der Waals surface area contributed by atoms with E-state index in [1.807, 2.05) is 11.7 Å². The largest absolute Gasteiger partial charge is 0.265 e. The first kappa shape index (κ1) is 15.9. The summed E-state index contributed by atoms with van der Waals surface area (Å²) >= 11 is 1.49. The Bertz CT molecular complexity index is 1010. The van der Waals surface area contributed by atoms with E-state index >= 15 is 0 Å². The number of rotatable bonds is 5. The molecule has 0 aliphatic heterocycles. The molecule has 0 amide bonds. The van der Waals surface area contributed by atoms with Crippen LogP contribution in [0, 0.1) is 5.82 Å². The Morgan fingerprint density at radius 3 is 2.68 bits per heavy atom. The average molecular weight is 356 g/mol. The summed E-state index contributed by atoms with van der Waals surface area (Å²) in [5, 5.41) is 18.5. The van der Waals surface area contributed by atoms with E-state index < -0.39 is 0 Å². The number of benzene rings is 1. The first-order valence-electron chi connectivity index (χ1n) is 8.13. The fourth-order valence-electron chi connectivity index (χ4n) is 2.76. The van der Waals surface area contributed by atoms with Gasteiger partial charge in [-0.1, -0.05) is 36.8 Å². The smallest absolute Gasteiger partial charge is 0.235 e. The van der Waals surface area contributed by atoms with Crippen molar-refractivity contribution in [1.82, 2.24) is 29.6 Å². The van der Waals surface area contributed by atoms with Gasteiger partial charge in [0.1, 0.15) is 5.82 Å². The molecule has 128 valence electrons. The van der Waals surface area contributed by atoms with E-state index in [1.165, 1.54) is 23.5 Å². The van der Waals surface area contributed by atoms with Crippen LogP contribution >= 0.6 is 11.3 Å². The summed E-state index contributed by atoms with van der Waals surface area (Å²) in [6, 6.07) is 8.48. The summed E-state index contributed by atoms with van der Waals surface area (Å²) in [5.41, 5.74) is 3.01. The molecule has 3 heterocycles. The Kier molecular flexibility index (Phi) is 4.04. The van der Waals surface area contributed by atoms with Crippen LogP contribution in [-0.4, -0.2) is 29.6 Å². The number of nitrogens with zero attached hydrogens (tertiary/aromatic N) is 6. The molecule has 25 heavy (non-hydrogen) atoms. The van der Waals surface area contributed by atoms with Gasteiger partial charge in [0.15, 0.2) is 10.8 Å². The van der Waals surface area contributed by atoms with Gasteiger partial charge in [-0.05, 0) is 30.2 Å². The van der Waals surface area contributed by atoms with Gasteiger partial charge in [-0.2, -0.15) is 14.7 Å². The lowest BCUT2D eigenvalue weighted by atomic mass is 10.1. The van der Waals surface area contributed by atoms with Gasteiger partial charge in [0.2, 0.25) is 4.96 Å². The van der Waals surface area contributed by atoms with Crippen LogP contribution in [0.2, 0.25) is 0 Å². The van der Waals surface area contributed by atoms with Crippen LogP contribution in [-0.2, 0) is 19.9 Å². The number of aryl methyl sites for hydroxylation is 2. The Labute approximate surface area is 147 Å². The minimum Gasteiger partial charge on any atom is -0.265 e. The molecule has 0 unspecified atom stereocenters. The molecular weight excluding hydrogens is 339 g/mol. The van der Waals surface area contributed by atoms with E-state index in [4.69, 9.17) is 0 Å². The number of fused-ring (bicyclic) bond motifs is 1. The molecule has 0 radical (unpaired) electrons. The van der Waals surface area contributed by atoms with Crippen LogP contribution in [0.25, 0.3) is 15.7 Å². The zero-order chi connectivity index (χ0) is 17.4. The van der Waals surface area contributed by atoms with Crippen molar-refractivity contribution >= 4 is 16.3 Å². The molecule has 0 spiro atoms. The van der Waals surface area contributed by atoms with E-state index in [2.05, 4.69) is 33.4 Å². The molecule has 6 nitrogen and oxygen atoms in total. The third-order valence-electron chi connectivity index (χ3n) is 3.99. The van der Waals surface area contributed by atoms with Crippen molar-refractivity contribution < 1.29 is 4.39 Å². The van der Waals surface area contributed by atoms with Crippen LogP contribution in [0.1, 0.15) is 30.4 Å². The monoisotopic (exact) mass is 356 g/mol. The Balaban J connectivity index is 1.67. The highest BCUT2D eigenvalue weighted by molar-refractivity contribution is 7.19. The number of hydrogen-bond donors (Lipinski definition) is 0. The molecule has 3 aromatic heterocycles. The van der Waals surface area contributed by atoms with Crippen molar-refractivity contribution in [2.75, 3.05) is 0 Å². The van der Waals surface area contributed by atoms with Crippen molar-refractivity contribution in [2.24, 2.45) is 7.05 Å². The van der Waals surface area contributed by atoms with Gasteiger partial charge < -0.3 is 0 Å². The molecule has 0 atom stereocenters. The molecule has 0 N–H and O–H groups in total. The molecule has 0 saturated heterocycles. The third-order valence-corrected chi connectivity index (χ3v) is 4.91. The summed E-state index contributed by atoms with van der Waals surface area (Å²) < 4.78 is 16.7. The number of halogens is 1. The molecule has 4 rings (SSSR count). The lowest BCUT2D eigenvalue weighted by molar-refractivity contribution is 0.627. The van der Waals surface area contributed by atoms with E-state index in [0.29, 0.717) is 6.42 Å². The van der Waals surface area contributed by atoms with Gasteiger partial charge in [-0.25, -0.2) is 4.39 Å².